The second-order valence-corrected chi connectivity index (χ2v) is 5.23. The average Bonchev–Trinajstić information content (AvgIpc) is 2.42. The summed E-state index contributed by atoms with van der Waals surface area (Å²) in [4.78, 5) is 12.2. The lowest BCUT2D eigenvalue weighted by atomic mass is 10.1. The van der Waals surface area contributed by atoms with E-state index in [1.807, 2.05) is 13.0 Å². The Labute approximate surface area is 126 Å². The highest BCUT2D eigenvalue weighted by Crippen LogP contribution is 2.26. The van der Waals surface area contributed by atoms with Gasteiger partial charge < -0.3 is 15.8 Å². The molecule has 0 aliphatic heterocycles. The Morgan fingerprint density at radius 1 is 1.25 bits per heavy atom. The maximum absolute atomic E-state index is 12.2. The molecule has 1 amide bonds. The lowest BCUT2D eigenvalue weighted by Gasteiger charge is -2.10. The minimum atomic E-state index is -0.200. The highest BCUT2D eigenvalue weighted by Gasteiger charge is 2.10. The quantitative estimate of drug-likeness (QED) is 0.843. The summed E-state index contributed by atoms with van der Waals surface area (Å²) in [5.41, 5.74) is 8.49. The Balaban J connectivity index is 2.24. The van der Waals surface area contributed by atoms with Gasteiger partial charge in [0.25, 0.3) is 5.91 Å². The number of nitrogens with one attached hydrogen (secondary N) is 1. The fourth-order valence-electron chi connectivity index (χ4n) is 1.79. The molecule has 0 aliphatic carbocycles. The van der Waals surface area contributed by atoms with Crippen LogP contribution in [0.4, 0.5) is 11.4 Å². The van der Waals surface area contributed by atoms with Crippen molar-refractivity contribution in [3.05, 3.63) is 52.0 Å². The first-order valence-corrected chi connectivity index (χ1v) is 6.81. The molecule has 0 atom stereocenters. The number of aryl methyl sites for hydroxylation is 1. The predicted octanol–water partition coefficient (Wildman–Crippen LogP) is 3.60. The number of methoxy groups -OCH3 is 1. The summed E-state index contributed by atoms with van der Waals surface area (Å²) in [6.45, 7) is 1.93. The normalized spacial score (nSPS) is 10.2. The van der Waals surface area contributed by atoms with Gasteiger partial charge >= 0.3 is 0 Å². The summed E-state index contributed by atoms with van der Waals surface area (Å²) >= 11 is 3.37. The third-order valence-corrected chi connectivity index (χ3v) is 3.57. The largest absolute Gasteiger partial charge is 0.496 e. The van der Waals surface area contributed by atoms with Crippen LogP contribution in [0.3, 0.4) is 0 Å². The van der Waals surface area contributed by atoms with Gasteiger partial charge in [-0.05, 0) is 58.7 Å². The van der Waals surface area contributed by atoms with Gasteiger partial charge in [-0.2, -0.15) is 0 Å². The lowest BCUT2D eigenvalue weighted by Crippen LogP contribution is -2.12. The fraction of sp³-hybridized carbons (Fsp3) is 0.133. The van der Waals surface area contributed by atoms with Gasteiger partial charge in [0.15, 0.2) is 0 Å². The van der Waals surface area contributed by atoms with Crippen LogP contribution in [-0.4, -0.2) is 13.0 Å². The lowest BCUT2D eigenvalue weighted by molar-refractivity contribution is 0.102. The molecule has 0 bridgehead atoms. The second kappa shape index (κ2) is 5.96. The molecule has 104 valence electrons. The van der Waals surface area contributed by atoms with Crippen molar-refractivity contribution in [3.8, 4) is 5.75 Å². The first kappa shape index (κ1) is 14.4. The van der Waals surface area contributed by atoms with E-state index in [0.717, 1.165) is 10.0 Å². The van der Waals surface area contributed by atoms with Crippen LogP contribution in [0.25, 0.3) is 0 Å². The van der Waals surface area contributed by atoms with Gasteiger partial charge in [0.2, 0.25) is 0 Å². The molecule has 20 heavy (non-hydrogen) atoms. The standard InChI is InChI=1S/C15H15BrN2O2/c1-9-3-4-10(7-14(9)20-2)15(19)18-13-6-5-11(17)8-12(13)16/h3-8H,17H2,1-2H3,(H,18,19). The van der Waals surface area contributed by atoms with Crippen molar-refractivity contribution >= 4 is 33.2 Å². The number of amides is 1. The highest BCUT2D eigenvalue weighted by atomic mass is 79.9. The Bertz CT molecular complexity index is 656. The van der Waals surface area contributed by atoms with E-state index in [0.29, 0.717) is 22.7 Å². The van der Waals surface area contributed by atoms with E-state index in [9.17, 15) is 4.79 Å². The Morgan fingerprint density at radius 2 is 2.00 bits per heavy atom. The molecule has 0 saturated heterocycles. The smallest absolute Gasteiger partial charge is 0.255 e. The third-order valence-electron chi connectivity index (χ3n) is 2.91. The first-order valence-electron chi connectivity index (χ1n) is 6.02. The van der Waals surface area contributed by atoms with Crippen LogP contribution in [0.5, 0.6) is 5.75 Å². The van der Waals surface area contributed by atoms with Crippen LogP contribution in [0.15, 0.2) is 40.9 Å². The molecule has 0 heterocycles. The molecule has 0 aromatic heterocycles. The van der Waals surface area contributed by atoms with E-state index in [1.165, 1.54) is 0 Å². The number of rotatable bonds is 3. The van der Waals surface area contributed by atoms with Crippen molar-refractivity contribution in [1.29, 1.82) is 0 Å². The number of halogens is 1. The van der Waals surface area contributed by atoms with Crippen LogP contribution in [0.1, 0.15) is 15.9 Å². The van der Waals surface area contributed by atoms with E-state index < -0.39 is 0 Å². The number of hydrogen-bond donors (Lipinski definition) is 2. The van der Waals surface area contributed by atoms with Crippen molar-refractivity contribution in [3.63, 3.8) is 0 Å². The molecular weight excluding hydrogens is 320 g/mol. The molecule has 3 N–H and O–H groups in total. The van der Waals surface area contributed by atoms with Gasteiger partial charge in [-0.3, -0.25) is 4.79 Å². The third kappa shape index (κ3) is 3.11. The molecule has 0 unspecified atom stereocenters. The van der Waals surface area contributed by atoms with E-state index in [1.54, 1.807) is 37.4 Å². The van der Waals surface area contributed by atoms with Crippen LogP contribution in [0.2, 0.25) is 0 Å². The number of anilines is 2. The van der Waals surface area contributed by atoms with E-state index in [2.05, 4.69) is 21.2 Å². The zero-order valence-electron chi connectivity index (χ0n) is 11.2. The monoisotopic (exact) mass is 334 g/mol. The first-order chi connectivity index (χ1) is 9.51. The summed E-state index contributed by atoms with van der Waals surface area (Å²) in [6.07, 6.45) is 0. The van der Waals surface area contributed by atoms with E-state index in [-0.39, 0.29) is 5.91 Å². The SMILES string of the molecule is COc1cc(C(=O)Nc2ccc(N)cc2Br)ccc1C. The molecule has 0 saturated carbocycles. The van der Waals surface area contributed by atoms with Crippen LogP contribution >= 0.6 is 15.9 Å². The number of hydrogen-bond acceptors (Lipinski definition) is 3. The second-order valence-electron chi connectivity index (χ2n) is 4.38. The molecular formula is C15H15BrN2O2. The van der Waals surface area contributed by atoms with Gasteiger partial charge in [0.1, 0.15) is 5.75 Å². The Morgan fingerprint density at radius 3 is 2.65 bits per heavy atom. The highest BCUT2D eigenvalue weighted by molar-refractivity contribution is 9.10. The number of carbonyl (C=O) groups is 1. The van der Waals surface area contributed by atoms with Gasteiger partial charge in [-0.1, -0.05) is 6.07 Å². The van der Waals surface area contributed by atoms with Crippen LogP contribution in [-0.2, 0) is 0 Å². The number of nitrogen functional groups attached to an aromatic ring is 1. The topological polar surface area (TPSA) is 64.3 Å². The van der Waals surface area contributed by atoms with Crippen LogP contribution < -0.4 is 15.8 Å². The van der Waals surface area contributed by atoms with Crippen molar-refractivity contribution in [2.24, 2.45) is 0 Å². The summed E-state index contributed by atoms with van der Waals surface area (Å²) in [5, 5.41) is 2.83. The molecule has 0 radical (unpaired) electrons. The van der Waals surface area contributed by atoms with Crippen molar-refractivity contribution < 1.29 is 9.53 Å². The average molecular weight is 335 g/mol. The molecule has 0 aliphatic rings. The summed E-state index contributed by atoms with van der Waals surface area (Å²) in [6, 6.07) is 10.6. The fourth-order valence-corrected chi connectivity index (χ4v) is 2.28. The maximum Gasteiger partial charge on any atom is 0.255 e. The van der Waals surface area contributed by atoms with Crippen molar-refractivity contribution in [2.45, 2.75) is 6.92 Å². The molecule has 2 aromatic rings. The zero-order chi connectivity index (χ0) is 14.7. The summed E-state index contributed by atoms with van der Waals surface area (Å²) in [5.74, 6) is 0.489. The maximum atomic E-state index is 12.2. The summed E-state index contributed by atoms with van der Waals surface area (Å²) in [7, 11) is 1.58. The molecule has 4 nitrogen and oxygen atoms in total. The zero-order valence-corrected chi connectivity index (χ0v) is 12.8. The molecule has 0 fully saturated rings. The molecule has 0 spiro atoms. The van der Waals surface area contributed by atoms with Crippen molar-refractivity contribution in [2.75, 3.05) is 18.2 Å². The molecule has 5 heteroatoms. The van der Waals surface area contributed by atoms with Crippen LogP contribution in [0, 0.1) is 6.92 Å². The van der Waals surface area contributed by atoms with Gasteiger partial charge in [0.05, 0.1) is 12.8 Å². The predicted molar refractivity (Wildman–Crippen MR) is 84.2 cm³/mol. The van der Waals surface area contributed by atoms with E-state index in [4.69, 9.17) is 10.5 Å². The van der Waals surface area contributed by atoms with Gasteiger partial charge in [-0.15, -0.1) is 0 Å². The number of benzene rings is 2. The van der Waals surface area contributed by atoms with Crippen molar-refractivity contribution in [1.82, 2.24) is 0 Å². The summed E-state index contributed by atoms with van der Waals surface area (Å²) < 4.78 is 5.96. The molecule has 2 aromatic carbocycles. The number of nitrogens with two attached hydrogens (primary N) is 1. The Kier molecular flexibility index (Phi) is 4.29. The Hall–Kier alpha value is -2.01. The van der Waals surface area contributed by atoms with E-state index >= 15 is 0 Å². The van der Waals surface area contributed by atoms with Gasteiger partial charge in [-0.25, -0.2) is 0 Å². The minimum Gasteiger partial charge on any atom is -0.496 e. The van der Waals surface area contributed by atoms with Gasteiger partial charge in [0, 0.05) is 15.7 Å². The number of ether oxygens (including phenoxy) is 1. The number of carbonyl (C=O) groups excluding carboxylic acids is 1. The minimum absolute atomic E-state index is 0.200. The molecule has 2 rings (SSSR count).